The molecule has 0 saturated carbocycles. The molecule has 5 rings (SSSR count). The van der Waals surface area contributed by atoms with Gasteiger partial charge in [0.05, 0.1) is 0 Å². The maximum atomic E-state index is 13.2. The molecule has 2 heterocycles. The van der Waals surface area contributed by atoms with E-state index in [1.807, 2.05) is 82.6 Å². The number of hydrogen-bond donors (Lipinski definition) is 0. The number of nitriles is 1. The van der Waals surface area contributed by atoms with E-state index in [4.69, 9.17) is 16.0 Å². The van der Waals surface area contributed by atoms with Crippen molar-refractivity contribution in [1.29, 1.82) is 5.26 Å². The van der Waals surface area contributed by atoms with Gasteiger partial charge in [0.25, 0.3) is 5.91 Å². The molecule has 6 nitrogen and oxygen atoms in total. The lowest BCUT2D eigenvalue weighted by Gasteiger charge is -2.34. The van der Waals surface area contributed by atoms with Crippen LogP contribution in [0.4, 0.5) is 5.88 Å². The monoisotopic (exact) mass is 468 g/mol. The molecule has 0 aliphatic carbocycles. The highest BCUT2D eigenvalue weighted by Crippen LogP contribution is 2.26. The summed E-state index contributed by atoms with van der Waals surface area (Å²) in [5.41, 5.74) is 1.89. The van der Waals surface area contributed by atoms with Gasteiger partial charge < -0.3 is 14.2 Å². The van der Waals surface area contributed by atoms with Crippen molar-refractivity contribution in [2.24, 2.45) is 0 Å². The van der Waals surface area contributed by atoms with Gasteiger partial charge in [-0.05, 0) is 40.6 Å². The van der Waals surface area contributed by atoms with Gasteiger partial charge in [0.1, 0.15) is 6.07 Å². The zero-order valence-electron chi connectivity index (χ0n) is 18.3. The Hall–Kier alpha value is -4.08. The maximum absolute atomic E-state index is 13.2. The summed E-state index contributed by atoms with van der Waals surface area (Å²) in [6, 6.07) is 23.2. The van der Waals surface area contributed by atoms with Crippen LogP contribution in [0, 0.1) is 11.3 Å². The van der Waals surface area contributed by atoms with Crippen molar-refractivity contribution in [1.82, 2.24) is 9.88 Å². The Kier molecular flexibility index (Phi) is 6.03. The minimum absolute atomic E-state index is 0.0149. The largest absolute Gasteiger partial charge is 0.420 e. The predicted molar refractivity (Wildman–Crippen MR) is 134 cm³/mol. The van der Waals surface area contributed by atoms with E-state index in [2.05, 4.69) is 11.1 Å². The Morgan fingerprint density at radius 1 is 0.971 bits per heavy atom. The third-order valence-corrected chi connectivity index (χ3v) is 6.15. The van der Waals surface area contributed by atoms with E-state index in [1.165, 1.54) is 0 Å². The van der Waals surface area contributed by atoms with Gasteiger partial charge in [-0.1, -0.05) is 60.1 Å². The summed E-state index contributed by atoms with van der Waals surface area (Å²) in [5.74, 6) is 0.812. The molecule has 1 aliphatic heterocycles. The molecule has 0 unspecified atom stereocenters. The molecule has 3 aromatic carbocycles. The van der Waals surface area contributed by atoms with Crippen LogP contribution in [-0.4, -0.2) is 42.0 Å². The number of benzene rings is 3. The number of amides is 1. The van der Waals surface area contributed by atoms with Crippen LogP contribution in [-0.2, 0) is 0 Å². The second-order valence-corrected chi connectivity index (χ2v) is 8.44. The fourth-order valence-corrected chi connectivity index (χ4v) is 4.25. The molecule has 0 radical (unpaired) electrons. The zero-order chi connectivity index (χ0) is 23.5. The average Bonchev–Trinajstić information content (AvgIpc) is 3.31. The number of carbonyl (C=O) groups excluding carboxylic acids is 1. The first-order valence-electron chi connectivity index (χ1n) is 11.0. The highest BCUT2D eigenvalue weighted by atomic mass is 35.5. The van der Waals surface area contributed by atoms with E-state index < -0.39 is 0 Å². The molecule has 1 fully saturated rings. The van der Waals surface area contributed by atoms with E-state index in [1.54, 1.807) is 6.08 Å². The van der Waals surface area contributed by atoms with E-state index >= 15 is 0 Å². The van der Waals surface area contributed by atoms with Crippen LogP contribution in [0.1, 0.15) is 27.5 Å². The first kappa shape index (κ1) is 21.7. The van der Waals surface area contributed by atoms with Crippen LogP contribution >= 0.6 is 11.6 Å². The predicted octanol–water partition coefficient (Wildman–Crippen LogP) is 5.49. The molecule has 34 heavy (non-hydrogen) atoms. The minimum atomic E-state index is 0.0149. The summed E-state index contributed by atoms with van der Waals surface area (Å²) in [6.07, 6.45) is 3.59. The summed E-state index contributed by atoms with van der Waals surface area (Å²) >= 11 is 5.93. The number of oxazole rings is 1. The van der Waals surface area contributed by atoms with Gasteiger partial charge in [-0.3, -0.25) is 4.79 Å². The van der Waals surface area contributed by atoms with E-state index in [0.29, 0.717) is 48.5 Å². The number of rotatable bonds is 4. The molecule has 1 saturated heterocycles. The average molecular weight is 469 g/mol. The molecular weight excluding hydrogens is 448 g/mol. The molecule has 0 atom stereocenters. The first-order chi connectivity index (χ1) is 16.6. The number of halogens is 1. The van der Waals surface area contributed by atoms with Gasteiger partial charge in [-0.25, -0.2) is 0 Å². The van der Waals surface area contributed by atoms with Crippen molar-refractivity contribution in [2.45, 2.75) is 0 Å². The molecule has 0 bridgehead atoms. The van der Waals surface area contributed by atoms with Crippen molar-refractivity contribution < 1.29 is 9.21 Å². The lowest BCUT2D eigenvalue weighted by Crippen LogP contribution is -2.49. The van der Waals surface area contributed by atoms with Crippen LogP contribution in [0.5, 0.6) is 0 Å². The summed E-state index contributed by atoms with van der Waals surface area (Å²) < 4.78 is 5.90. The van der Waals surface area contributed by atoms with Gasteiger partial charge in [-0.2, -0.15) is 10.2 Å². The highest BCUT2D eigenvalue weighted by molar-refractivity contribution is 6.30. The number of fused-ring (bicyclic) bond motifs is 1. The third-order valence-electron chi connectivity index (χ3n) is 5.89. The SMILES string of the molecule is N#Cc1nc(C=Cc2ccc(Cl)cc2)oc1N1CCN(C(=O)c2cccc3ccccc23)CC1. The quantitative estimate of drug-likeness (QED) is 0.396. The van der Waals surface area contributed by atoms with Crippen molar-refractivity contribution >= 4 is 46.3 Å². The number of nitrogens with zero attached hydrogens (tertiary/aromatic N) is 4. The summed E-state index contributed by atoms with van der Waals surface area (Å²) in [7, 11) is 0. The second kappa shape index (κ2) is 9.42. The normalized spacial score (nSPS) is 14.0. The van der Waals surface area contributed by atoms with Gasteiger partial charge in [0.15, 0.2) is 0 Å². The fourth-order valence-electron chi connectivity index (χ4n) is 4.12. The van der Waals surface area contributed by atoms with Crippen molar-refractivity contribution in [3.8, 4) is 6.07 Å². The van der Waals surface area contributed by atoms with Crippen molar-refractivity contribution in [3.05, 3.63) is 94.5 Å². The number of anilines is 1. The Labute approximate surface area is 202 Å². The zero-order valence-corrected chi connectivity index (χ0v) is 19.1. The smallest absolute Gasteiger partial charge is 0.254 e. The Morgan fingerprint density at radius 3 is 2.47 bits per heavy atom. The molecule has 1 aromatic heterocycles. The fraction of sp³-hybridized carbons (Fsp3) is 0.148. The van der Waals surface area contributed by atoms with Crippen LogP contribution < -0.4 is 4.90 Å². The topological polar surface area (TPSA) is 73.4 Å². The van der Waals surface area contributed by atoms with Gasteiger partial charge in [0.2, 0.25) is 17.5 Å². The van der Waals surface area contributed by atoms with Crippen LogP contribution in [0.3, 0.4) is 0 Å². The molecule has 168 valence electrons. The standard InChI is InChI=1S/C27H21ClN4O2/c28-21-11-8-19(9-12-21)10-13-25-30-24(18-29)27(34-25)32-16-14-31(15-17-32)26(33)23-7-3-5-20-4-1-2-6-22(20)23/h1-13H,14-17H2. The van der Waals surface area contributed by atoms with Crippen molar-refractivity contribution in [2.75, 3.05) is 31.1 Å². The molecule has 7 heteroatoms. The maximum Gasteiger partial charge on any atom is 0.254 e. The summed E-state index contributed by atoms with van der Waals surface area (Å²) in [5, 5.41) is 12.2. The van der Waals surface area contributed by atoms with Gasteiger partial charge in [-0.15, -0.1) is 0 Å². The lowest BCUT2D eigenvalue weighted by atomic mass is 10.0. The van der Waals surface area contributed by atoms with Crippen molar-refractivity contribution in [3.63, 3.8) is 0 Å². The van der Waals surface area contributed by atoms with Gasteiger partial charge in [0, 0.05) is 42.8 Å². The van der Waals surface area contributed by atoms with Crippen LogP contribution in [0.2, 0.25) is 5.02 Å². The Balaban J connectivity index is 1.29. The molecule has 4 aromatic rings. The number of hydrogen-bond acceptors (Lipinski definition) is 5. The van der Waals surface area contributed by atoms with Crippen LogP contribution in [0.25, 0.3) is 22.9 Å². The number of carbonyl (C=O) groups is 1. The molecule has 0 spiro atoms. The number of aromatic nitrogens is 1. The minimum Gasteiger partial charge on any atom is -0.420 e. The third kappa shape index (κ3) is 4.39. The highest BCUT2D eigenvalue weighted by Gasteiger charge is 2.27. The summed E-state index contributed by atoms with van der Waals surface area (Å²) in [4.78, 5) is 21.4. The Morgan fingerprint density at radius 2 is 1.71 bits per heavy atom. The van der Waals surface area contributed by atoms with Gasteiger partial charge >= 0.3 is 0 Å². The molecule has 1 amide bonds. The molecule has 1 aliphatic rings. The summed E-state index contributed by atoms with van der Waals surface area (Å²) in [6.45, 7) is 2.18. The van der Waals surface area contributed by atoms with E-state index in [0.717, 1.165) is 16.3 Å². The first-order valence-corrected chi connectivity index (χ1v) is 11.4. The lowest BCUT2D eigenvalue weighted by molar-refractivity contribution is 0.0747. The molecular formula is C27H21ClN4O2. The second-order valence-electron chi connectivity index (χ2n) is 8.01. The van der Waals surface area contributed by atoms with Crippen LogP contribution in [0.15, 0.2) is 71.1 Å². The van der Waals surface area contributed by atoms with E-state index in [-0.39, 0.29) is 11.6 Å². The van der Waals surface area contributed by atoms with E-state index in [9.17, 15) is 10.1 Å². The number of piperazine rings is 1. The Bertz CT molecular complexity index is 1410. The molecule has 0 N–H and O–H groups in total.